The number of nitrogens with one attached hydrogen (secondary N) is 1. The standard InChI is InChI=1S/C20H20ClFN2O2S/c1-14-4-6-17(27-14)13-24(12-16-3-2-10-26-16)9-8-20(25)23-19-7-5-15(21)11-18(19)22/h2-7,10-11H,8-9,12-13H2,1H3,(H,23,25). The van der Waals surface area contributed by atoms with Crippen molar-refractivity contribution in [1.82, 2.24) is 4.90 Å². The molecule has 3 rings (SSSR count). The Kier molecular flexibility index (Phi) is 6.66. The van der Waals surface area contributed by atoms with Crippen molar-refractivity contribution >= 4 is 34.5 Å². The van der Waals surface area contributed by atoms with Gasteiger partial charge >= 0.3 is 0 Å². The van der Waals surface area contributed by atoms with E-state index in [1.807, 2.05) is 12.1 Å². The van der Waals surface area contributed by atoms with Gasteiger partial charge in [0.15, 0.2) is 0 Å². The number of amides is 1. The molecule has 3 aromatic rings. The summed E-state index contributed by atoms with van der Waals surface area (Å²) in [5, 5.41) is 2.89. The maximum absolute atomic E-state index is 13.8. The lowest BCUT2D eigenvalue weighted by molar-refractivity contribution is -0.116. The summed E-state index contributed by atoms with van der Waals surface area (Å²) in [6, 6.07) is 12.1. The lowest BCUT2D eigenvalue weighted by atomic mass is 10.2. The van der Waals surface area contributed by atoms with Crippen LogP contribution in [0.1, 0.15) is 21.9 Å². The highest BCUT2D eigenvalue weighted by molar-refractivity contribution is 7.11. The molecule has 2 heterocycles. The molecule has 7 heteroatoms. The van der Waals surface area contributed by atoms with Crippen LogP contribution in [0.3, 0.4) is 0 Å². The van der Waals surface area contributed by atoms with Gasteiger partial charge in [-0.2, -0.15) is 0 Å². The Hall–Kier alpha value is -2.15. The SMILES string of the molecule is Cc1ccc(CN(CCC(=O)Nc2ccc(Cl)cc2F)Cc2ccco2)s1. The van der Waals surface area contributed by atoms with Crippen LogP contribution in [-0.4, -0.2) is 17.4 Å². The molecule has 0 unspecified atom stereocenters. The second kappa shape index (κ2) is 9.17. The average molecular weight is 407 g/mol. The fraction of sp³-hybridized carbons (Fsp3) is 0.250. The molecule has 0 aliphatic heterocycles. The van der Waals surface area contributed by atoms with E-state index in [2.05, 4.69) is 29.3 Å². The minimum Gasteiger partial charge on any atom is -0.468 e. The van der Waals surface area contributed by atoms with Crippen molar-refractivity contribution in [3.63, 3.8) is 0 Å². The first-order chi connectivity index (χ1) is 13.0. The normalized spacial score (nSPS) is 11.1. The fourth-order valence-corrected chi connectivity index (χ4v) is 3.78. The van der Waals surface area contributed by atoms with Gasteiger partial charge in [-0.1, -0.05) is 11.6 Å². The maximum atomic E-state index is 13.8. The topological polar surface area (TPSA) is 45.5 Å². The zero-order valence-electron chi connectivity index (χ0n) is 14.9. The summed E-state index contributed by atoms with van der Waals surface area (Å²) >= 11 is 7.47. The Labute approximate surface area is 166 Å². The highest BCUT2D eigenvalue weighted by Crippen LogP contribution is 2.20. The third-order valence-corrected chi connectivity index (χ3v) is 5.22. The van der Waals surface area contributed by atoms with E-state index in [1.54, 1.807) is 23.7 Å². The number of carbonyl (C=O) groups is 1. The number of hydrogen-bond donors (Lipinski definition) is 1. The van der Waals surface area contributed by atoms with Crippen molar-refractivity contribution in [2.45, 2.75) is 26.4 Å². The van der Waals surface area contributed by atoms with E-state index >= 15 is 0 Å². The van der Waals surface area contributed by atoms with Gasteiger partial charge in [0.05, 0.1) is 18.5 Å². The van der Waals surface area contributed by atoms with Crippen LogP contribution in [-0.2, 0) is 17.9 Å². The molecule has 4 nitrogen and oxygen atoms in total. The molecule has 27 heavy (non-hydrogen) atoms. The number of benzene rings is 1. The summed E-state index contributed by atoms with van der Waals surface area (Å²) in [6.45, 7) is 3.92. The van der Waals surface area contributed by atoms with Gasteiger partial charge in [0.25, 0.3) is 0 Å². The van der Waals surface area contributed by atoms with Crippen LogP contribution in [0, 0.1) is 12.7 Å². The van der Waals surface area contributed by atoms with Crippen LogP contribution in [0.2, 0.25) is 5.02 Å². The molecule has 0 bridgehead atoms. The number of anilines is 1. The third kappa shape index (κ3) is 5.92. The summed E-state index contributed by atoms with van der Waals surface area (Å²) in [5.41, 5.74) is 0.135. The first-order valence-electron chi connectivity index (χ1n) is 8.54. The summed E-state index contributed by atoms with van der Waals surface area (Å²) in [7, 11) is 0. The van der Waals surface area contributed by atoms with Crippen molar-refractivity contribution in [1.29, 1.82) is 0 Å². The quantitative estimate of drug-likeness (QED) is 0.539. The maximum Gasteiger partial charge on any atom is 0.225 e. The summed E-state index contributed by atoms with van der Waals surface area (Å²) < 4.78 is 19.3. The van der Waals surface area contributed by atoms with E-state index in [9.17, 15) is 9.18 Å². The lowest BCUT2D eigenvalue weighted by Crippen LogP contribution is -2.27. The lowest BCUT2D eigenvalue weighted by Gasteiger charge is -2.20. The summed E-state index contributed by atoms with van der Waals surface area (Å²) in [4.78, 5) is 16.9. The van der Waals surface area contributed by atoms with Crippen molar-refractivity contribution in [3.8, 4) is 0 Å². The van der Waals surface area contributed by atoms with E-state index in [0.29, 0.717) is 18.1 Å². The average Bonchev–Trinajstić information content (AvgIpc) is 3.27. The fourth-order valence-electron chi connectivity index (χ4n) is 2.69. The van der Waals surface area contributed by atoms with E-state index < -0.39 is 5.82 Å². The molecular formula is C20H20ClFN2O2S. The summed E-state index contributed by atoms with van der Waals surface area (Å²) in [5.74, 6) is 0.0489. The van der Waals surface area contributed by atoms with Crippen molar-refractivity contribution in [2.75, 3.05) is 11.9 Å². The van der Waals surface area contributed by atoms with Crippen molar-refractivity contribution in [3.05, 3.63) is 75.1 Å². The molecule has 0 fully saturated rings. The number of furan rings is 1. The van der Waals surface area contributed by atoms with Crippen LogP contribution in [0.25, 0.3) is 0 Å². The van der Waals surface area contributed by atoms with Crippen molar-refractivity contribution < 1.29 is 13.6 Å². The van der Waals surface area contributed by atoms with Gasteiger partial charge in [0.1, 0.15) is 11.6 Å². The molecule has 0 saturated heterocycles. The highest BCUT2D eigenvalue weighted by Gasteiger charge is 2.14. The number of halogens is 2. The van der Waals surface area contributed by atoms with Gasteiger partial charge < -0.3 is 9.73 Å². The second-order valence-corrected chi connectivity index (χ2v) is 8.03. The Morgan fingerprint density at radius 3 is 2.78 bits per heavy atom. The molecule has 1 aromatic carbocycles. The number of nitrogens with zero attached hydrogens (tertiary/aromatic N) is 1. The molecule has 0 aliphatic rings. The molecule has 0 aliphatic carbocycles. The Bertz CT molecular complexity index is 895. The van der Waals surface area contributed by atoms with Crippen molar-refractivity contribution in [2.24, 2.45) is 0 Å². The largest absolute Gasteiger partial charge is 0.468 e. The van der Waals surface area contributed by atoms with E-state index in [4.69, 9.17) is 16.0 Å². The minimum absolute atomic E-state index is 0.135. The Morgan fingerprint density at radius 1 is 1.26 bits per heavy atom. The van der Waals surface area contributed by atoms with Gasteiger partial charge in [0.2, 0.25) is 5.91 Å². The van der Waals surface area contributed by atoms with E-state index in [1.165, 1.54) is 21.9 Å². The number of carbonyl (C=O) groups excluding carboxylic acids is 1. The monoisotopic (exact) mass is 406 g/mol. The first-order valence-corrected chi connectivity index (χ1v) is 9.74. The first kappa shape index (κ1) is 19.6. The number of aryl methyl sites for hydroxylation is 1. The predicted octanol–water partition coefficient (Wildman–Crippen LogP) is 5.47. The smallest absolute Gasteiger partial charge is 0.225 e. The van der Waals surface area contributed by atoms with Crippen LogP contribution in [0.4, 0.5) is 10.1 Å². The van der Waals surface area contributed by atoms with Gasteiger partial charge in [0, 0.05) is 34.3 Å². The van der Waals surface area contributed by atoms with Gasteiger partial charge in [-0.15, -0.1) is 11.3 Å². The van der Waals surface area contributed by atoms with Crippen LogP contribution in [0.15, 0.2) is 53.1 Å². The molecule has 1 amide bonds. The second-order valence-electron chi connectivity index (χ2n) is 6.22. The molecule has 142 valence electrons. The molecule has 0 atom stereocenters. The third-order valence-electron chi connectivity index (χ3n) is 4.00. The number of rotatable bonds is 8. The highest BCUT2D eigenvalue weighted by atomic mass is 35.5. The molecule has 0 spiro atoms. The van der Waals surface area contributed by atoms with Crippen LogP contribution < -0.4 is 5.32 Å². The van der Waals surface area contributed by atoms with E-state index in [-0.39, 0.29) is 18.0 Å². The molecule has 0 radical (unpaired) electrons. The molecular weight excluding hydrogens is 387 g/mol. The Balaban J connectivity index is 1.59. The summed E-state index contributed by atoms with van der Waals surface area (Å²) in [6.07, 6.45) is 1.88. The van der Waals surface area contributed by atoms with Crippen LogP contribution in [0.5, 0.6) is 0 Å². The van der Waals surface area contributed by atoms with Crippen LogP contribution >= 0.6 is 22.9 Å². The molecule has 0 saturated carbocycles. The van der Waals surface area contributed by atoms with Gasteiger partial charge in [-0.25, -0.2) is 4.39 Å². The minimum atomic E-state index is -0.544. The molecule has 1 N–H and O–H groups in total. The zero-order valence-corrected chi connectivity index (χ0v) is 16.4. The molecule has 2 aromatic heterocycles. The Morgan fingerprint density at radius 2 is 2.11 bits per heavy atom. The number of thiophene rings is 1. The number of hydrogen-bond acceptors (Lipinski definition) is 4. The zero-order chi connectivity index (χ0) is 19.2. The van der Waals surface area contributed by atoms with Gasteiger partial charge in [-0.05, 0) is 49.4 Å². The van der Waals surface area contributed by atoms with E-state index in [0.717, 1.165) is 12.3 Å². The van der Waals surface area contributed by atoms with Gasteiger partial charge in [-0.3, -0.25) is 9.69 Å². The predicted molar refractivity (Wildman–Crippen MR) is 107 cm³/mol.